The predicted octanol–water partition coefficient (Wildman–Crippen LogP) is 3.94. The van der Waals surface area contributed by atoms with Crippen LogP contribution < -0.4 is 0 Å². The van der Waals surface area contributed by atoms with E-state index in [2.05, 4.69) is 23.7 Å². The SMILES string of the molecule is O=[N+]([O-])c1ccc(S(=O)(=O)N(CC#Cc2ccccc2)CC#CC2C=CC=CC=C2)cc1. The van der Waals surface area contributed by atoms with Crippen LogP contribution in [0.4, 0.5) is 5.69 Å². The fourth-order valence-corrected chi connectivity index (χ4v) is 4.02. The Morgan fingerprint density at radius 3 is 2.12 bits per heavy atom. The molecule has 6 nitrogen and oxygen atoms in total. The van der Waals surface area contributed by atoms with Gasteiger partial charge in [-0.1, -0.05) is 78.3 Å². The second-order valence-corrected chi connectivity index (χ2v) is 8.63. The second-order valence-electron chi connectivity index (χ2n) is 6.69. The number of sulfonamides is 1. The second kappa shape index (κ2) is 10.9. The van der Waals surface area contributed by atoms with Crippen LogP contribution >= 0.6 is 0 Å². The zero-order valence-electron chi connectivity index (χ0n) is 17.1. The van der Waals surface area contributed by atoms with E-state index in [0.29, 0.717) is 0 Å². The van der Waals surface area contributed by atoms with Gasteiger partial charge in [0.25, 0.3) is 5.69 Å². The van der Waals surface area contributed by atoms with Crippen molar-refractivity contribution in [2.75, 3.05) is 13.1 Å². The normalized spacial score (nSPS) is 13.0. The van der Waals surface area contributed by atoms with Gasteiger partial charge >= 0.3 is 0 Å². The third kappa shape index (κ3) is 6.29. The monoisotopic (exact) mass is 444 g/mol. The molecular weight excluding hydrogens is 424 g/mol. The van der Waals surface area contributed by atoms with E-state index in [-0.39, 0.29) is 29.6 Å². The first-order valence-corrected chi connectivity index (χ1v) is 11.2. The first-order valence-electron chi connectivity index (χ1n) is 9.75. The van der Waals surface area contributed by atoms with Crippen molar-refractivity contribution in [2.24, 2.45) is 5.92 Å². The molecule has 3 rings (SSSR count). The number of rotatable bonds is 5. The van der Waals surface area contributed by atoms with Gasteiger partial charge in [-0.25, -0.2) is 8.42 Å². The van der Waals surface area contributed by atoms with Crippen LogP contribution in [0.1, 0.15) is 5.56 Å². The molecule has 0 bridgehead atoms. The van der Waals surface area contributed by atoms with Crippen molar-refractivity contribution in [3.63, 3.8) is 0 Å². The fraction of sp³-hybridized carbons (Fsp3) is 0.120. The lowest BCUT2D eigenvalue weighted by molar-refractivity contribution is -0.384. The molecule has 2 aromatic carbocycles. The van der Waals surface area contributed by atoms with Gasteiger partial charge in [0.1, 0.15) is 0 Å². The molecule has 32 heavy (non-hydrogen) atoms. The lowest BCUT2D eigenvalue weighted by Gasteiger charge is -2.17. The molecule has 0 atom stereocenters. The standard InChI is InChI=1S/C25H20N2O4S/c28-27(29)24-16-18-25(19-17-24)32(30,31)26(21-9-15-23-12-6-3-7-13-23)20-8-14-22-10-4-1-2-5-11-22/h1-7,10-13,16-19,22H,20-21H2. The highest BCUT2D eigenvalue weighted by molar-refractivity contribution is 7.89. The van der Waals surface area contributed by atoms with E-state index in [9.17, 15) is 18.5 Å². The van der Waals surface area contributed by atoms with Gasteiger partial charge in [0.2, 0.25) is 10.0 Å². The van der Waals surface area contributed by atoms with Crippen LogP contribution in [-0.4, -0.2) is 30.7 Å². The van der Waals surface area contributed by atoms with Gasteiger partial charge in [0.15, 0.2) is 0 Å². The summed E-state index contributed by atoms with van der Waals surface area (Å²) in [6.07, 6.45) is 11.4. The van der Waals surface area contributed by atoms with E-state index in [1.807, 2.05) is 66.8 Å². The first-order chi connectivity index (χ1) is 15.5. The molecule has 0 heterocycles. The Bertz CT molecular complexity index is 1250. The molecule has 0 amide bonds. The molecule has 0 saturated carbocycles. The minimum atomic E-state index is -3.95. The minimum absolute atomic E-state index is 0.0510. The van der Waals surface area contributed by atoms with Gasteiger partial charge in [-0.05, 0) is 24.3 Å². The zero-order chi connectivity index (χ0) is 22.8. The van der Waals surface area contributed by atoms with Crippen LogP contribution in [0.2, 0.25) is 0 Å². The number of nitro benzene ring substituents is 1. The van der Waals surface area contributed by atoms with Gasteiger partial charge in [0.05, 0.1) is 28.8 Å². The number of hydrogen-bond donors (Lipinski definition) is 0. The molecule has 0 N–H and O–H groups in total. The Hall–Kier alpha value is -3.91. The molecule has 0 aromatic heterocycles. The number of non-ortho nitro benzene ring substituents is 1. The molecule has 0 spiro atoms. The summed E-state index contributed by atoms with van der Waals surface area (Å²) in [6.45, 7) is -0.130. The molecule has 0 aliphatic heterocycles. The van der Waals surface area contributed by atoms with Crippen LogP contribution in [-0.2, 0) is 10.0 Å². The number of nitrogens with zero attached hydrogens (tertiary/aromatic N) is 2. The van der Waals surface area contributed by atoms with Crippen molar-refractivity contribution >= 4 is 15.7 Å². The van der Waals surface area contributed by atoms with Crippen LogP contribution in [0, 0.1) is 39.7 Å². The van der Waals surface area contributed by atoms with Gasteiger partial charge < -0.3 is 0 Å². The number of hydrogen-bond acceptors (Lipinski definition) is 4. The summed E-state index contributed by atoms with van der Waals surface area (Å²) in [5, 5.41) is 10.9. The average Bonchev–Trinajstić information content (AvgIpc) is 3.07. The summed E-state index contributed by atoms with van der Waals surface area (Å²) in [4.78, 5) is 10.3. The fourth-order valence-electron chi connectivity index (χ4n) is 2.77. The highest BCUT2D eigenvalue weighted by Crippen LogP contribution is 2.19. The summed E-state index contributed by atoms with van der Waals surface area (Å²) < 4.78 is 27.5. The maximum atomic E-state index is 13.2. The predicted molar refractivity (Wildman–Crippen MR) is 124 cm³/mol. The van der Waals surface area contributed by atoms with E-state index in [0.717, 1.165) is 5.56 Å². The van der Waals surface area contributed by atoms with Gasteiger partial charge in [-0.3, -0.25) is 10.1 Å². The number of allylic oxidation sites excluding steroid dienone is 6. The van der Waals surface area contributed by atoms with E-state index >= 15 is 0 Å². The van der Waals surface area contributed by atoms with Crippen LogP contribution in [0.15, 0.2) is 95.9 Å². The van der Waals surface area contributed by atoms with Crippen molar-refractivity contribution in [1.82, 2.24) is 4.31 Å². The van der Waals surface area contributed by atoms with Crippen molar-refractivity contribution in [3.8, 4) is 23.7 Å². The third-order valence-electron chi connectivity index (χ3n) is 4.44. The topological polar surface area (TPSA) is 80.5 Å². The lowest BCUT2D eigenvalue weighted by atomic mass is 10.1. The summed E-state index contributed by atoms with van der Waals surface area (Å²) >= 11 is 0. The third-order valence-corrected chi connectivity index (χ3v) is 6.25. The summed E-state index contributed by atoms with van der Waals surface area (Å²) in [7, 11) is -3.95. The Kier molecular flexibility index (Phi) is 7.77. The number of nitro groups is 1. The van der Waals surface area contributed by atoms with E-state index in [1.165, 1.54) is 28.6 Å². The van der Waals surface area contributed by atoms with Gasteiger partial charge in [-0.15, -0.1) is 0 Å². The molecular formula is C25H20N2O4S. The van der Waals surface area contributed by atoms with Crippen LogP contribution in [0.5, 0.6) is 0 Å². The van der Waals surface area contributed by atoms with Gasteiger partial charge in [-0.2, -0.15) is 4.31 Å². The molecule has 1 aliphatic rings. The van der Waals surface area contributed by atoms with Crippen LogP contribution in [0.25, 0.3) is 0 Å². The van der Waals surface area contributed by atoms with Gasteiger partial charge in [0, 0.05) is 17.7 Å². The van der Waals surface area contributed by atoms with E-state index in [4.69, 9.17) is 0 Å². The Morgan fingerprint density at radius 1 is 0.875 bits per heavy atom. The largest absolute Gasteiger partial charge is 0.269 e. The van der Waals surface area contributed by atoms with Crippen molar-refractivity contribution < 1.29 is 13.3 Å². The summed E-state index contributed by atoms with van der Waals surface area (Å²) in [5.41, 5.74) is 0.590. The first kappa shape index (κ1) is 22.8. The maximum absolute atomic E-state index is 13.2. The van der Waals surface area contributed by atoms with E-state index in [1.54, 1.807) is 0 Å². The van der Waals surface area contributed by atoms with Crippen molar-refractivity contribution in [3.05, 3.63) is 107 Å². The van der Waals surface area contributed by atoms with Crippen molar-refractivity contribution in [1.29, 1.82) is 0 Å². The number of benzene rings is 2. The Labute approximate surface area is 187 Å². The van der Waals surface area contributed by atoms with E-state index < -0.39 is 14.9 Å². The van der Waals surface area contributed by atoms with Crippen LogP contribution in [0.3, 0.4) is 0 Å². The summed E-state index contributed by atoms with van der Waals surface area (Å²) in [6, 6.07) is 14.0. The molecule has 2 aromatic rings. The average molecular weight is 445 g/mol. The smallest absolute Gasteiger partial charge is 0.258 e. The minimum Gasteiger partial charge on any atom is -0.258 e. The zero-order valence-corrected chi connectivity index (χ0v) is 17.9. The highest BCUT2D eigenvalue weighted by Gasteiger charge is 2.24. The Morgan fingerprint density at radius 2 is 1.50 bits per heavy atom. The Balaban J connectivity index is 1.85. The molecule has 160 valence electrons. The molecule has 0 radical (unpaired) electrons. The lowest BCUT2D eigenvalue weighted by Crippen LogP contribution is -2.32. The molecule has 0 fully saturated rings. The molecule has 7 heteroatoms. The summed E-state index contributed by atoms with van der Waals surface area (Å²) in [5.74, 6) is 11.7. The molecule has 1 aliphatic carbocycles. The highest BCUT2D eigenvalue weighted by atomic mass is 32.2. The molecule has 0 unspecified atom stereocenters. The maximum Gasteiger partial charge on any atom is 0.269 e. The van der Waals surface area contributed by atoms with Crippen molar-refractivity contribution in [2.45, 2.75) is 4.90 Å². The molecule has 0 saturated heterocycles. The quantitative estimate of drug-likeness (QED) is 0.397.